The molecule has 1 aliphatic heterocycles. The molecule has 5 rings (SSSR count). The SMILES string of the molecule is Cc1ccc2oc3c(c(=O)c2c1)C(c1cccc([N+](=O)[O-])c1)N(Cc1ccccc1)C3=O. The number of hydrogen-bond donors (Lipinski definition) is 0. The number of rotatable bonds is 4. The Morgan fingerprint density at radius 1 is 1.00 bits per heavy atom. The number of carbonyl (C=O) groups is 1. The van der Waals surface area contributed by atoms with Crippen LogP contribution in [0.1, 0.15) is 38.9 Å². The van der Waals surface area contributed by atoms with E-state index in [1.807, 2.05) is 43.3 Å². The number of nitro groups is 1. The summed E-state index contributed by atoms with van der Waals surface area (Å²) in [6.07, 6.45) is 0. The highest BCUT2D eigenvalue weighted by atomic mass is 16.6. The molecule has 0 aliphatic carbocycles. The van der Waals surface area contributed by atoms with Gasteiger partial charge in [0.1, 0.15) is 5.58 Å². The fourth-order valence-electron chi connectivity index (χ4n) is 4.23. The number of non-ortho nitro benzene ring substituents is 1. The van der Waals surface area contributed by atoms with Crippen LogP contribution in [0.15, 0.2) is 82.0 Å². The lowest BCUT2D eigenvalue weighted by molar-refractivity contribution is -0.384. The van der Waals surface area contributed by atoms with Gasteiger partial charge in [-0.15, -0.1) is 0 Å². The topological polar surface area (TPSA) is 93.7 Å². The molecule has 1 aromatic heterocycles. The van der Waals surface area contributed by atoms with E-state index in [9.17, 15) is 19.7 Å². The first-order valence-corrected chi connectivity index (χ1v) is 10.1. The average Bonchev–Trinajstić information content (AvgIpc) is 3.07. The average molecular weight is 426 g/mol. The molecule has 0 bridgehead atoms. The summed E-state index contributed by atoms with van der Waals surface area (Å²) in [6, 6.07) is 19.9. The van der Waals surface area contributed by atoms with E-state index in [4.69, 9.17) is 4.42 Å². The van der Waals surface area contributed by atoms with Crippen LogP contribution in [-0.2, 0) is 6.54 Å². The van der Waals surface area contributed by atoms with Gasteiger partial charge in [0.15, 0.2) is 5.43 Å². The number of nitro benzene ring substituents is 1. The van der Waals surface area contributed by atoms with E-state index in [1.165, 1.54) is 17.0 Å². The quantitative estimate of drug-likeness (QED) is 0.347. The summed E-state index contributed by atoms with van der Waals surface area (Å²) in [5.41, 5.74) is 2.40. The minimum absolute atomic E-state index is 0.0150. The number of amides is 1. The van der Waals surface area contributed by atoms with Crippen LogP contribution in [0, 0.1) is 17.0 Å². The molecule has 0 radical (unpaired) electrons. The summed E-state index contributed by atoms with van der Waals surface area (Å²) < 4.78 is 5.92. The van der Waals surface area contributed by atoms with Crippen molar-refractivity contribution in [3.8, 4) is 0 Å². The van der Waals surface area contributed by atoms with Crippen molar-refractivity contribution < 1.29 is 14.1 Å². The summed E-state index contributed by atoms with van der Waals surface area (Å²) in [5, 5.41) is 11.8. The van der Waals surface area contributed by atoms with Crippen molar-refractivity contribution in [3.63, 3.8) is 0 Å². The van der Waals surface area contributed by atoms with Crippen molar-refractivity contribution in [1.82, 2.24) is 4.90 Å². The van der Waals surface area contributed by atoms with Gasteiger partial charge in [0.05, 0.1) is 21.9 Å². The third-order valence-corrected chi connectivity index (χ3v) is 5.71. The first-order valence-electron chi connectivity index (χ1n) is 10.1. The van der Waals surface area contributed by atoms with Crippen molar-refractivity contribution in [3.05, 3.63) is 121 Å². The van der Waals surface area contributed by atoms with Crippen LogP contribution in [-0.4, -0.2) is 15.7 Å². The zero-order chi connectivity index (χ0) is 22.4. The maximum absolute atomic E-state index is 13.5. The van der Waals surface area contributed by atoms with Gasteiger partial charge in [-0.25, -0.2) is 0 Å². The van der Waals surface area contributed by atoms with Gasteiger partial charge in [-0.3, -0.25) is 19.7 Å². The van der Waals surface area contributed by atoms with E-state index >= 15 is 0 Å². The number of aryl methyl sites for hydroxylation is 1. The molecule has 7 heteroatoms. The van der Waals surface area contributed by atoms with Gasteiger partial charge in [-0.05, 0) is 30.2 Å². The molecule has 2 heterocycles. The van der Waals surface area contributed by atoms with Crippen LogP contribution in [0.2, 0.25) is 0 Å². The molecule has 32 heavy (non-hydrogen) atoms. The zero-order valence-corrected chi connectivity index (χ0v) is 17.1. The highest BCUT2D eigenvalue weighted by Gasteiger charge is 2.43. The molecule has 1 atom stereocenters. The van der Waals surface area contributed by atoms with Gasteiger partial charge in [-0.2, -0.15) is 0 Å². The standard InChI is InChI=1S/C25H18N2O5/c1-15-10-11-20-19(12-15)23(28)21-22(17-8-5-9-18(13-17)27(30)31)26(25(29)24(21)32-20)14-16-6-3-2-4-7-16/h2-13,22H,14H2,1H3. The second kappa shape index (κ2) is 7.46. The van der Waals surface area contributed by atoms with Gasteiger partial charge in [0.2, 0.25) is 5.76 Å². The Balaban J connectivity index is 1.75. The fourth-order valence-corrected chi connectivity index (χ4v) is 4.23. The largest absolute Gasteiger partial charge is 0.450 e. The Kier molecular flexibility index (Phi) is 4.59. The summed E-state index contributed by atoms with van der Waals surface area (Å²) in [5.74, 6) is -0.432. The van der Waals surface area contributed by atoms with Gasteiger partial charge in [0, 0.05) is 18.7 Å². The molecule has 0 N–H and O–H groups in total. The molecule has 3 aromatic carbocycles. The third-order valence-electron chi connectivity index (χ3n) is 5.71. The highest BCUT2D eigenvalue weighted by molar-refractivity contribution is 5.99. The molecule has 0 saturated heterocycles. The smallest absolute Gasteiger partial charge is 0.291 e. The summed E-state index contributed by atoms with van der Waals surface area (Å²) in [7, 11) is 0. The molecule has 1 unspecified atom stereocenters. The predicted molar refractivity (Wildman–Crippen MR) is 118 cm³/mol. The minimum Gasteiger partial charge on any atom is -0.450 e. The maximum Gasteiger partial charge on any atom is 0.291 e. The van der Waals surface area contributed by atoms with Gasteiger partial charge >= 0.3 is 0 Å². The minimum atomic E-state index is -0.793. The molecule has 158 valence electrons. The lowest BCUT2D eigenvalue weighted by atomic mass is 9.97. The molecule has 0 saturated carbocycles. The monoisotopic (exact) mass is 426 g/mol. The fraction of sp³-hybridized carbons (Fsp3) is 0.120. The number of benzene rings is 3. The van der Waals surface area contributed by atoms with E-state index in [1.54, 1.807) is 24.3 Å². The Morgan fingerprint density at radius 3 is 2.53 bits per heavy atom. The molecular weight excluding hydrogens is 408 g/mol. The normalized spacial score (nSPS) is 15.2. The highest BCUT2D eigenvalue weighted by Crippen LogP contribution is 2.40. The summed E-state index contributed by atoms with van der Waals surface area (Å²) >= 11 is 0. The number of hydrogen-bond acceptors (Lipinski definition) is 5. The third kappa shape index (κ3) is 3.15. The molecular formula is C25H18N2O5. The van der Waals surface area contributed by atoms with E-state index in [-0.39, 0.29) is 29.0 Å². The second-order valence-electron chi connectivity index (χ2n) is 7.85. The van der Waals surface area contributed by atoms with Crippen LogP contribution >= 0.6 is 0 Å². The van der Waals surface area contributed by atoms with Crippen LogP contribution < -0.4 is 5.43 Å². The molecule has 4 aromatic rings. The second-order valence-corrected chi connectivity index (χ2v) is 7.85. The molecule has 7 nitrogen and oxygen atoms in total. The number of nitrogens with zero attached hydrogens (tertiary/aromatic N) is 2. The van der Waals surface area contributed by atoms with Crippen molar-refractivity contribution in [1.29, 1.82) is 0 Å². The van der Waals surface area contributed by atoms with Gasteiger partial charge in [-0.1, -0.05) is 54.1 Å². The van der Waals surface area contributed by atoms with Crippen LogP contribution in [0.25, 0.3) is 11.0 Å². The lowest BCUT2D eigenvalue weighted by Crippen LogP contribution is -2.29. The first-order chi connectivity index (χ1) is 15.4. The Hall–Kier alpha value is -4.26. The molecule has 1 aliphatic rings. The van der Waals surface area contributed by atoms with E-state index < -0.39 is 16.9 Å². The zero-order valence-electron chi connectivity index (χ0n) is 17.1. The van der Waals surface area contributed by atoms with Gasteiger partial charge < -0.3 is 9.32 Å². The predicted octanol–water partition coefficient (Wildman–Crippen LogP) is 4.76. The first kappa shape index (κ1) is 19.7. The van der Waals surface area contributed by atoms with Crippen LogP contribution in [0.5, 0.6) is 0 Å². The van der Waals surface area contributed by atoms with Crippen molar-refractivity contribution >= 4 is 22.6 Å². The van der Waals surface area contributed by atoms with Crippen molar-refractivity contribution in [2.24, 2.45) is 0 Å². The maximum atomic E-state index is 13.5. The lowest BCUT2D eigenvalue weighted by Gasteiger charge is -2.25. The number of carbonyl (C=O) groups excluding carboxylic acids is 1. The van der Waals surface area contributed by atoms with Crippen LogP contribution in [0.3, 0.4) is 0 Å². The molecule has 0 fully saturated rings. The molecule has 1 amide bonds. The van der Waals surface area contributed by atoms with E-state index in [0.717, 1.165) is 11.1 Å². The Morgan fingerprint density at radius 2 is 1.78 bits per heavy atom. The van der Waals surface area contributed by atoms with Crippen molar-refractivity contribution in [2.45, 2.75) is 19.5 Å². The van der Waals surface area contributed by atoms with Crippen LogP contribution in [0.4, 0.5) is 5.69 Å². The van der Waals surface area contributed by atoms with Crippen molar-refractivity contribution in [2.75, 3.05) is 0 Å². The van der Waals surface area contributed by atoms with E-state index in [0.29, 0.717) is 16.5 Å². The number of fused-ring (bicyclic) bond motifs is 2. The van der Waals surface area contributed by atoms with E-state index in [2.05, 4.69) is 0 Å². The Labute approximate surface area is 182 Å². The summed E-state index contributed by atoms with van der Waals surface area (Å²) in [6.45, 7) is 2.10. The Bertz CT molecular complexity index is 1440. The molecule has 0 spiro atoms. The summed E-state index contributed by atoms with van der Waals surface area (Å²) in [4.78, 5) is 39.4. The van der Waals surface area contributed by atoms with Gasteiger partial charge in [0.25, 0.3) is 11.6 Å².